The van der Waals surface area contributed by atoms with Gasteiger partial charge in [-0.3, -0.25) is 0 Å². The van der Waals surface area contributed by atoms with Crippen LogP contribution in [0.5, 0.6) is 0 Å². The molecule has 88 valence electrons. The van der Waals surface area contributed by atoms with Crippen molar-refractivity contribution in [3.05, 3.63) is 29.3 Å². The van der Waals surface area contributed by atoms with Gasteiger partial charge in [-0.05, 0) is 37.7 Å². The molecule has 1 fully saturated rings. The lowest BCUT2D eigenvalue weighted by Crippen LogP contribution is -2.25. The minimum absolute atomic E-state index is 0.759. The summed E-state index contributed by atoms with van der Waals surface area (Å²) >= 11 is 1.85. The first-order chi connectivity index (χ1) is 7.79. The average molecular weight is 235 g/mol. The molecule has 0 radical (unpaired) electrons. The van der Waals surface area contributed by atoms with E-state index in [2.05, 4.69) is 36.7 Å². The standard InChI is InChI=1S/C14H21NS/c1-11-7-8-14(16-2)12(9-11)10-15-13-5-3-4-6-13/h7-9,13,15H,3-6,10H2,1-2H3. The zero-order chi connectivity index (χ0) is 11.4. The van der Waals surface area contributed by atoms with Crippen molar-refractivity contribution in [2.24, 2.45) is 0 Å². The highest BCUT2D eigenvalue weighted by atomic mass is 32.2. The van der Waals surface area contributed by atoms with E-state index in [1.807, 2.05) is 11.8 Å². The highest BCUT2D eigenvalue weighted by molar-refractivity contribution is 7.98. The van der Waals surface area contributed by atoms with Gasteiger partial charge in [-0.1, -0.05) is 30.5 Å². The number of hydrogen-bond acceptors (Lipinski definition) is 2. The molecule has 1 N–H and O–H groups in total. The Balaban J connectivity index is 1.98. The second kappa shape index (κ2) is 5.74. The molecule has 0 aromatic heterocycles. The third-order valence-electron chi connectivity index (χ3n) is 3.37. The summed E-state index contributed by atoms with van der Waals surface area (Å²) in [5.41, 5.74) is 2.82. The summed E-state index contributed by atoms with van der Waals surface area (Å²) in [5, 5.41) is 3.69. The minimum Gasteiger partial charge on any atom is -0.310 e. The summed E-state index contributed by atoms with van der Waals surface area (Å²) in [5.74, 6) is 0. The zero-order valence-corrected chi connectivity index (χ0v) is 11.1. The first-order valence-corrected chi connectivity index (χ1v) is 7.39. The molecule has 0 unspecified atom stereocenters. The summed E-state index contributed by atoms with van der Waals surface area (Å²) in [6.07, 6.45) is 7.69. The fourth-order valence-corrected chi connectivity index (χ4v) is 3.03. The van der Waals surface area contributed by atoms with Crippen LogP contribution in [0.25, 0.3) is 0 Å². The molecule has 16 heavy (non-hydrogen) atoms. The molecule has 2 rings (SSSR count). The molecular weight excluding hydrogens is 214 g/mol. The fraction of sp³-hybridized carbons (Fsp3) is 0.571. The monoisotopic (exact) mass is 235 g/mol. The number of hydrogen-bond donors (Lipinski definition) is 1. The second-order valence-corrected chi connectivity index (χ2v) is 5.53. The molecule has 0 heterocycles. The quantitative estimate of drug-likeness (QED) is 0.798. The van der Waals surface area contributed by atoms with Crippen LogP contribution >= 0.6 is 11.8 Å². The molecule has 0 bridgehead atoms. The second-order valence-electron chi connectivity index (χ2n) is 4.68. The first kappa shape index (κ1) is 12.0. The molecule has 0 amide bonds. The molecule has 0 aliphatic heterocycles. The van der Waals surface area contributed by atoms with Crippen molar-refractivity contribution in [2.75, 3.05) is 6.26 Å². The van der Waals surface area contributed by atoms with Gasteiger partial charge in [-0.2, -0.15) is 0 Å². The van der Waals surface area contributed by atoms with Crippen molar-refractivity contribution in [2.45, 2.75) is 50.1 Å². The zero-order valence-electron chi connectivity index (χ0n) is 10.3. The topological polar surface area (TPSA) is 12.0 Å². The normalized spacial score (nSPS) is 16.9. The largest absolute Gasteiger partial charge is 0.310 e. The van der Waals surface area contributed by atoms with Crippen LogP contribution in [-0.4, -0.2) is 12.3 Å². The van der Waals surface area contributed by atoms with Gasteiger partial charge in [-0.25, -0.2) is 0 Å². The van der Waals surface area contributed by atoms with Crippen molar-refractivity contribution in [3.63, 3.8) is 0 Å². The van der Waals surface area contributed by atoms with Gasteiger partial charge in [0, 0.05) is 17.5 Å². The molecule has 2 heteroatoms. The smallest absolute Gasteiger partial charge is 0.0219 e. The Hall–Kier alpha value is -0.470. The van der Waals surface area contributed by atoms with Crippen LogP contribution in [0.2, 0.25) is 0 Å². The van der Waals surface area contributed by atoms with E-state index < -0.39 is 0 Å². The molecule has 1 aromatic rings. The number of rotatable bonds is 4. The molecule has 1 aliphatic rings. The Kier molecular flexibility index (Phi) is 4.30. The maximum Gasteiger partial charge on any atom is 0.0219 e. The van der Waals surface area contributed by atoms with Crippen LogP contribution < -0.4 is 5.32 Å². The predicted octanol–water partition coefficient (Wildman–Crippen LogP) is 3.75. The maximum atomic E-state index is 3.69. The molecular formula is C14H21NS. The van der Waals surface area contributed by atoms with Crippen LogP contribution in [-0.2, 0) is 6.54 Å². The minimum atomic E-state index is 0.759. The van der Waals surface area contributed by atoms with Crippen LogP contribution in [0.4, 0.5) is 0 Å². The third-order valence-corrected chi connectivity index (χ3v) is 4.21. The predicted molar refractivity (Wildman–Crippen MR) is 72.1 cm³/mol. The Morgan fingerprint density at radius 2 is 2.06 bits per heavy atom. The van der Waals surface area contributed by atoms with E-state index in [0.717, 1.165) is 12.6 Å². The van der Waals surface area contributed by atoms with Crippen LogP contribution in [0.3, 0.4) is 0 Å². The van der Waals surface area contributed by atoms with E-state index in [1.54, 1.807) is 0 Å². The Bertz CT molecular complexity index is 343. The van der Waals surface area contributed by atoms with E-state index in [9.17, 15) is 0 Å². The molecule has 1 saturated carbocycles. The van der Waals surface area contributed by atoms with E-state index in [1.165, 1.54) is 41.7 Å². The van der Waals surface area contributed by atoms with Crippen molar-refractivity contribution in [1.82, 2.24) is 5.32 Å². The summed E-state index contributed by atoms with van der Waals surface area (Å²) < 4.78 is 0. The van der Waals surface area contributed by atoms with E-state index >= 15 is 0 Å². The third kappa shape index (κ3) is 3.02. The number of benzene rings is 1. The van der Waals surface area contributed by atoms with Gasteiger partial charge in [-0.15, -0.1) is 11.8 Å². The van der Waals surface area contributed by atoms with Crippen molar-refractivity contribution in [1.29, 1.82) is 0 Å². The Morgan fingerprint density at radius 3 is 2.75 bits per heavy atom. The number of aryl methyl sites for hydroxylation is 1. The van der Waals surface area contributed by atoms with Gasteiger partial charge < -0.3 is 5.32 Å². The molecule has 0 atom stereocenters. The lowest BCUT2D eigenvalue weighted by molar-refractivity contribution is 0.521. The van der Waals surface area contributed by atoms with Gasteiger partial charge >= 0.3 is 0 Å². The van der Waals surface area contributed by atoms with Gasteiger partial charge in [0.05, 0.1) is 0 Å². The van der Waals surface area contributed by atoms with E-state index in [0.29, 0.717) is 0 Å². The lowest BCUT2D eigenvalue weighted by atomic mass is 10.1. The maximum absolute atomic E-state index is 3.69. The molecule has 1 nitrogen and oxygen atoms in total. The average Bonchev–Trinajstić information content (AvgIpc) is 2.79. The summed E-state index contributed by atoms with van der Waals surface area (Å²) in [7, 11) is 0. The van der Waals surface area contributed by atoms with Crippen LogP contribution in [0, 0.1) is 6.92 Å². The summed E-state index contributed by atoms with van der Waals surface area (Å²) in [6, 6.07) is 7.51. The van der Waals surface area contributed by atoms with Gasteiger partial charge in [0.2, 0.25) is 0 Å². The van der Waals surface area contributed by atoms with Gasteiger partial charge in [0.1, 0.15) is 0 Å². The molecule has 0 saturated heterocycles. The number of nitrogens with one attached hydrogen (secondary N) is 1. The van der Waals surface area contributed by atoms with E-state index in [-0.39, 0.29) is 0 Å². The summed E-state index contributed by atoms with van der Waals surface area (Å²) in [4.78, 5) is 1.41. The molecule has 0 spiro atoms. The van der Waals surface area contributed by atoms with Crippen LogP contribution in [0.15, 0.2) is 23.1 Å². The van der Waals surface area contributed by atoms with Crippen molar-refractivity contribution >= 4 is 11.8 Å². The molecule has 1 aromatic carbocycles. The first-order valence-electron chi connectivity index (χ1n) is 6.16. The van der Waals surface area contributed by atoms with Crippen molar-refractivity contribution < 1.29 is 0 Å². The SMILES string of the molecule is CSc1ccc(C)cc1CNC1CCCC1. The fourth-order valence-electron chi connectivity index (χ4n) is 2.43. The molecule has 1 aliphatic carbocycles. The highest BCUT2D eigenvalue weighted by Gasteiger charge is 2.14. The Labute approximate surface area is 103 Å². The lowest BCUT2D eigenvalue weighted by Gasteiger charge is -2.14. The summed E-state index contributed by atoms with van der Waals surface area (Å²) in [6.45, 7) is 3.20. The van der Waals surface area contributed by atoms with Crippen LogP contribution in [0.1, 0.15) is 36.8 Å². The highest BCUT2D eigenvalue weighted by Crippen LogP contribution is 2.23. The van der Waals surface area contributed by atoms with E-state index in [4.69, 9.17) is 0 Å². The van der Waals surface area contributed by atoms with Gasteiger partial charge in [0.15, 0.2) is 0 Å². The number of thioether (sulfide) groups is 1. The van der Waals surface area contributed by atoms with Crippen molar-refractivity contribution in [3.8, 4) is 0 Å². The Morgan fingerprint density at radius 1 is 1.31 bits per heavy atom. The van der Waals surface area contributed by atoms with Gasteiger partial charge in [0.25, 0.3) is 0 Å².